The molecule has 1 aliphatic heterocycles. The fourth-order valence-corrected chi connectivity index (χ4v) is 3.87. The van der Waals surface area contributed by atoms with Crippen molar-refractivity contribution in [3.8, 4) is 0 Å². The van der Waals surface area contributed by atoms with Crippen LogP contribution in [0, 0.1) is 5.92 Å². The minimum atomic E-state index is -0.371. The summed E-state index contributed by atoms with van der Waals surface area (Å²) in [5, 5.41) is 6.05. The minimum Gasteiger partial charge on any atom is -0.312 e. The van der Waals surface area contributed by atoms with E-state index in [1.54, 1.807) is 23.1 Å². The number of halogens is 1. The topological polar surface area (TPSA) is 62.3 Å². The van der Waals surface area contributed by atoms with E-state index in [9.17, 15) is 9.59 Å². The van der Waals surface area contributed by atoms with Crippen molar-refractivity contribution in [2.45, 2.75) is 25.2 Å². The Morgan fingerprint density at radius 3 is 2.96 bits per heavy atom. The lowest BCUT2D eigenvalue weighted by molar-refractivity contribution is -0.122. The first-order chi connectivity index (χ1) is 11.6. The zero-order chi connectivity index (χ0) is 16.7. The molecule has 0 spiro atoms. The maximum Gasteiger partial charge on any atom is 0.231 e. The highest BCUT2D eigenvalue weighted by molar-refractivity contribution is 7.13. The zero-order valence-corrected chi connectivity index (χ0v) is 14.4. The van der Waals surface area contributed by atoms with Crippen molar-refractivity contribution in [1.82, 2.24) is 4.98 Å². The largest absolute Gasteiger partial charge is 0.312 e. The summed E-state index contributed by atoms with van der Waals surface area (Å²) in [7, 11) is 0. The molecule has 0 radical (unpaired) electrons. The van der Waals surface area contributed by atoms with Gasteiger partial charge >= 0.3 is 0 Å². The number of thiazole rings is 1. The van der Waals surface area contributed by atoms with Crippen LogP contribution in [0.4, 0.5) is 10.8 Å². The Kier molecular flexibility index (Phi) is 4.02. The number of rotatable bonds is 4. The molecule has 24 heavy (non-hydrogen) atoms. The van der Waals surface area contributed by atoms with Crippen LogP contribution in [-0.2, 0) is 9.59 Å². The highest BCUT2D eigenvalue weighted by atomic mass is 35.5. The number of carbonyl (C=O) groups is 2. The summed E-state index contributed by atoms with van der Waals surface area (Å²) >= 11 is 7.43. The molecule has 4 rings (SSSR count). The van der Waals surface area contributed by atoms with Gasteiger partial charge in [0, 0.05) is 35.0 Å². The molecule has 1 aliphatic carbocycles. The summed E-state index contributed by atoms with van der Waals surface area (Å²) < 4.78 is 0. The summed E-state index contributed by atoms with van der Waals surface area (Å²) in [6.07, 6.45) is 2.57. The predicted molar refractivity (Wildman–Crippen MR) is 94.6 cm³/mol. The molecule has 1 N–H and O–H groups in total. The summed E-state index contributed by atoms with van der Waals surface area (Å²) in [6, 6.07) is 7.12. The second-order valence-electron chi connectivity index (χ2n) is 6.23. The molecule has 1 aromatic heterocycles. The Hall–Kier alpha value is -1.92. The Bertz CT molecular complexity index is 803. The quantitative estimate of drug-likeness (QED) is 0.903. The molecule has 1 saturated carbocycles. The van der Waals surface area contributed by atoms with Gasteiger partial charge in [-0.15, -0.1) is 11.3 Å². The van der Waals surface area contributed by atoms with Crippen molar-refractivity contribution < 1.29 is 9.59 Å². The first-order valence-electron chi connectivity index (χ1n) is 7.92. The number of aromatic nitrogens is 1. The van der Waals surface area contributed by atoms with Crippen LogP contribution in [0.25, 0.3) is 0 Å². The van der Waals surface area contributed by atoms with E-state index in [-0.39, 0.29) is 24.2 Å². The van der Waals surface area contributed by atoms with Crippen LogP contribution in [0.5, 0.6) is 0 Å². The van der Waals surface area contributed by atoms with Gasteiger partial charge < -0.3 is 10.2 Å². The molecule has 2 aliphatic rings. The predicted octanol–water partition coefficient (Wildman–Crippen LogP) is 3.67. The summed E-state index contributed by atoms with van der Waals surface area (Å²) in [5.74, 6) is -0.0113. The molecule has 124 valence electrons. The summed E-state index contributed by atoms with van der Waals surface area (Å²) in [4.78, 5) is 30.8. The second-order valence-corrected chi connectivity index (χ2v) is 7.52. The average molecular weight is 362 g/mol. The Morgan fingerprint density at radius 1 is 1.38 bits per heavy atom. The number of carbonyl (C=O) groups excluding carboxylic acids is 2. The highest BCUT2D eigenvalue weighted by Crippen LogP contribution is 2.41. The molecular weight excluding hydrogens is 346 g/mol. The highest BCUT2D eigenvalue weighted by Gasteiger charge is 2.35. The van der Waals surface area contributed by atoms with Crippen molar-refractivity contribution in [2.24, 2.45) is 5.92 Å². The number of hydrogen-bond donors (Lipinski definition) is 1. The normalized spacial score (nSPS) is 20.5. The lowest BCUT2D eigenvalue weighted by Gasteiger charge is -2.16. The van der Waals surface area contributed by atoms with E-state index in [0.717, 1.165) is 11.4 Å². The van der Waals surface area contributed by atoms with Crippen molar-refractivity contribution >= 4 is 45.6 Å². The van der Waals surface area contributed by atoms with E-state index in [1.165, 1.54) is 24.2 Å². The Labute approximate surface area is 148 Å². The first-order valence-corrected chi connectivity index (χ1v) is 9.18. The summed E-state index contributed by atoms with van der Waals surface area (Å²) in [5.41, 5.74) is 1.80. The maximum atomic E-state index is 12.4. The molecule has 2 aromatic rings. The van der Waals surface area contributed by atoms with E-state index in [1.807, 2.05) is 11.4 Å². The van der Waals surface area contributed by atoms with Gasteiger partial charge in [0.15, 0.2) is 5.13 Å². The third-order valence-corrected chi connectivity index (χ3v) is 5.37. The van der Waals surface area contributed by atoms with Crippen molar-refractivity contribution in [1.29, 1.82) is 0 Å². The second kappa shape index (κ2) is 6.18. The van der Waals surface area contributed by atoms with E-state index in [0.29, 0.717) is 22.6 Å². The van der Waals surface area contributed by atoms with Crippen molar-refractivity contribution in [3.63, 3.8) is 0 Å². The maximum absolute atomic E-state index is 12.4. The van der Waals surface area contributed by atoms with Gasteiger partial charge in [0.2, 0.25) is 11.8 Å². The SMILES string of the molecule is O=C(Nc1nc(C2CC2)cs1)C1CC(=O)N(c2cccc(Cl)c2)C1. The number of anilines is 2. The standard InChI is InChI=1S/C17H16ClN3O2S/c18-12-2-1-3-13(7-12)21-8-11(6-15(21)22)16(23)20-17-19-14(9-24-17)10-4-5-10/h1-3,7,9-11H,4-6,8H2,(H,19,20,23). The molecule has 7 heteroatoms. The molecule has 2 heterocycles. The lowest BCUT2D eigenvalue weighted by atomic mass is 10.1. The third-order valence-electron chi connectivity index (χ3n) is 4.36. The molecule has 1 aromatic carbocycles. The number of benzene rings is 1. The molecule has 1 saturated heterocycles. The van der Waals surface area contributed by atoms with E-state index in [2.05, 4.69) is 10.3 Å². The molecule has 2 fully saturated rings. The van der Waals surface area contributed by atoms with Crippen LogP contribution in [0.1, 0.15) is 30.9 Å². The van der Waals surface area contributed by atoms with E-state index in [4.69, 9.17) is 11.6 Å². The van der Waals surface area contributed by atoms with Gasteiger partial charge in [-0.05, 0) is 31.0 Å². The molecular formula is C17H16ClN3O2S. The third kappa shape index (κ3) is 3.16. The van der Waals surface area contributed by atoms with Gasteiger partial charge in [0.1, 0.15) is 0 Å². The van der Waals surface area contributed by atoms with E-state index < -0.39 is 0 Å². The lowest BCUT2D eigenvalue weighted by Crippen LogP contribution is -2.28. The molecule has 5 nitrogen and oxygen atoms in total. The van der Waals surface area contributed by atoms with Gasteiger partial charge in [-0.3, -0.25) is 9.59 Å². The van der Waals surface area contributed by atoms with Crippen molar-refractivity contribution in [3.05, 3.63) is 40.4 Å². The molecule has 2 amide bonds. The number of amides is 2. The fourth-order valence-electron chi connectivity index (χ4n) is 2.89. The van der Waals surface area contributed by atoms with Gasteiger partial charge in [0.05, 0.1) is 11.6 Å². The van der Waals surface area contributed by atoms with Crippen LogP contribution < -0.4 is 10.2 Å². The monoisotopic (exact) mass is 361 g/mol. The first kappa shape index (κ1) is 15.6. The van der Waals surface area contributed by atoms with E-state index >= 15 is 0 Å². The molecule has 1 unspecified atom stereocenters. The number of nitrogens with zero attached hydrogens (tertiary/aromatic N) is 2. The fraction of sp³-hybridized carbons (Fsp3) is 0.353. The van der Waals surface area contributed by atoms with Gasteiger partial charge in [-0.1, -0.05) is 17.7 Å². The van der Waals surface area contributed by atoms with Gasteiger partial charge in [-0.25, -0.2) is 4.98 Å². The molecule has 0 bridgehead atoms. The van der Waals surface area contributed by atoms with Crippen LogP contribution in [0.2, 0.25) is 5.02 Å². The van der Waals surface area contributed by atoms with Gasteiger partial charge in [0.25, 0.3) is 0 Å². The summed E-state index contributed by atoms with van der Waals surface area (Å²) in [6.45, 7) is 0.367. The number of nitrogens with one attached hydrogen (secondary N) is 1. The van der Waals surface area contributed by atoms with Crippen LogP contribution in [0.3, 0.4) is 0 Å². The van der Waals surface area contributed by atoms with Crippen molar-refractivity contribution in [2.75, 3.05) is 16.8 Å². The minimum absolute atomic E-state index is 0.0600. The van der Waals surface area contributed by atoms with Crippen LogP contribution in [0.15, 0.2) is 29.6 Å². The smallest absolute Gasteiger partial charge is 0.231 e. The van der Waals surface area contributed by atoms with Crippen LogP contribution in [-0.4, -0.2) is 23.3 Å². The Morgan fingerprint density at radius 2 is 2.21 bits per heavy atom. The Balaban J connectivity index is 1.42. The van der Waals surface area contributed by atoms with Gasteiger partial charge in [-0.2, -0.15) is 0 Å². The average Bonchev–Trinajstić information content (AvgIpc) is 3.18. The molecule has 1 atom stereocenters. The zero-order valence-electron chi connectivity index (χ0n) is 12.9. The van der Waals surface area contributed by atoms with Crippen LogP contribution >= 0.6 is 22.9 Å². The number of hydrogen-bond acceptors (Lipinski definition) is 4.